The van der Waals surface area contributed by atoms with Crippen LogP contribution in [0.3, 0.4) is 0 Å². The summed E-state index contributed by atoms with van der Waals surface area (Å²) in [6.07, 6.45) is 1.47. The Morgan fingerprint density at radius 1 is 1.50 bits per heavy atom. The van der Waals surface area contributed by atoms with Gasteiger partial charge in [0.05, 0.1) is 18.1 Å². The highest BCUT2D eigenvalue weighted by atomic mass is 16.5. The van der Waals surface area contributed by atoms with Gasteiger partial charge in [-0.15, -0.1) is 0 Å². The van der Waals surface area contributed by atoms with Crippen molar-refractivity contribution >= 4 is 5.97 Å². The van der Waals surface area contributed by atoms with Gasteiger partial charge in [0.15, 0.2) is 0 Å². The van der Waals surface area contributed by atoms with Gasteiger partial charge in [-0.1, -0.05) is 30.3 Å². The summed E-state index contributed by atoms with van der Waals surface area (Å²) in [5.41, 5.74) is 0.650. The van der Waals surface area contributed by atoms with Crippen LogP contribution in [0.15, 0.2) is 30.3 Å². The third-order valence-corrected chi connectivity index (χ3v) is 3.86. The van der Waals surface area contributed by atoms with Crippen LogP contribution in [-0.4, -0.2) is 24.7 Å². The van der Waals surface area contributed by atoms with Crippen LogP contribution in [-0.2, 0) is 14.9 Å². The van der Waals surface area contributed by atoms with Crippen molar-refractivity contribution in [2.24, 2.45) is 0 Å². The fourth-order valence-electron chi connectivity index (χ4n) is 2.74. The van der Waals surface area contributed by atoms with E-state index in [1.54, 1.807) is 13.8 Å². The molecule has 0 aliphatic heterocycles. The van der Waals surface area contributed by atoms with Crippen LogP contribution in [0.1, 0.15) is 32.3 Å². The van der Waals surface area contributed by atoms with E-state index in [0.717, 1.165) is 18.4 Å². The molecule has 0 aromatic heterocycles. The van der Waals surface area contributed by atoms with E-state index in [1.807, 2.05) is 30.3 Å². The monoisotopic (exact) mass is 272 g/mol. The van der Waals surface area contributed by atoms with E-state index in [-0.39, 0.29) is 18.1 Å². The summed E-state index contributed by atoms with van der Waals surface area (Å²) in [5, 5.41) is 12.7. The molecule has 1 saturated carbocycles. The number of nitriles is 1. The molecular weight excluding hydrogens is 252 g/mol. The highest BCUT2D eigenvalue weighted by Crippen LogP contribution is 2.43. The van der Waals surface area contributed by atoms with Crippen molar-refractivity contribution in [1.82, 2.24) is 5.32 Å². The number of carbonyl (C=O) groups excluding carboxylic acids is 1. The lowest BCUT2D eigenvalue weighted by atomic mass is 9.62. The second-order valence-electron chi connectivity index (χ2n) is 5.31. The number of esters is 1. The predicted octanol–water partition coefficient (Wildman–Crippen LogP) is 2.15. The zero-order chi connectivity index (χ0) is 14.6. The van der Waals surface area contributed by atoms with Crippen LogP contribution in [0.2, 0.25) is 0 Å². The summed E-state index contributed by atoms with van der Waals surface area (Å²) >= 11 is 0. The number of carbonyl (C=O) groups is 1. The van der Waals surface area contributed by atoms with Gasteiger partial charge in [0, 0.05) is 6.04 Å². The molecule has 1 aliphatic rings. The maximum atomic E-state index is 11.6. The van der Waals surface area contributed by atoms with Crippen LogP contribution < -0.4 is 5.32 Å². The molecule has 0 saturated heterocycles. The van der Waals surface area contributed by atoms with Crippen LogP contribution in [0.25, 0.3) is 0 Å². The van der Waals surface area contributed by atoms with Crippen LogP contribution in [0.4, 0.5) is 0 Å². The van der Waals surface area contributed by atoms with Gasteiger partial charge < -0.3 is 10.1 Å². The molecule has 0 bridgehead atoms. The lowest BCUT2D eigenvalue weighted by Gasteiger charge is -2.44. The first-order valence-corrected chi connectivity index (χ1v) is 7.01. The topological polar surface area (TPSA) is 62.1 Å². The van der Waals surface area contributed by atoms with E-state index >= 15 is 0 Å². The van der Waals surface area contributed by atoms with E-state index in [4.69, 9.17) is 4.74 Å². The average molecular weight is 272 g/mol. The SMILES string of the molecule is CCOC(=O)C(C)NC1CC(C#N)(c2ccccc2)C1. The predicted molar refractivity (Wildman–Crippen MR) is 76.0 cm³/mol. The number of hydrogen-bond acceptors (Lipinski definition) is 4. The zero-order valence-electron chi connectivity index (χ0n) is 11.9. The molecule has 1 atom stereocenters. The number of nitrogens with zero attached hydrogens (tertiary/aromatic N) is 1. The van der Waals surface area contributed by atoms with E-state index in [1.165, 1.54) is 0 Å². The van der Waals surface area contributed by atoms with E-state index in [2.05, 4.69) is 11.4 Å². The third-order valence-electron chi connectivity index (χ3n) is 3.86. The Morgan fingerprint density at radius 2 is 2.15 bits per heavy atom. The molecule has 1 unspecified atom stereocenters. The average Bonchev–Trinajstić information content (AvgIpc) is 2.43. The van der Waals surface area contributed by atoms with Crippen LogP contribution in [0, 0.1) is 11.3 Å². The maximum Gasteiger partial charge on any atom is 0.322 e. The van der Waals surface area contributed by atoms with Gasteiger partial charge in [-0.3, -0.25) is 4.79 Å². The summed E-state index contributed by atoms with van der Waals surface area (Å²) < 4.78 is 4.97. The second-order valence-corrected chi connectivity index (χ2v) is 5.31. The first-order chi connectivity index (χ1) is 9.61. The molecule has 1 aromatic rings. The van der Waals surface area contributed by atoms with Crippen molar-refractivity contribution in [2.45, 2.75) is 44.2 Å². The Kier molecular flexibility index (Phi) is 4.41. The molecule has 0 spiro atoms. The van der Waals surface area contributed by atoms with Crippen molar-refractivity contribution in [1.29, 1.82) is 5.26 Å². The Morgan fingerprint density at radius 3 is 2.70 bits per heavy atom. The molecule has 4 heteroatoms. The first kappa shape index (κ1) is 14.5. The van der Waals surface area contributed by atoms with Crippen molar-refractivity contribution in [3.05, 3.63) is 35.9 Å². The van der Waals surface area contributed by atoms with Gasteiger partial charge >= 0.3 is 5.97 Å². The van der Waals surface area contributed by atoms with Gasteiger partial charge in [-0.2, -0.15) is 5.26 Å². The normalized spacial score (nSPS) is 26.1. The maximum absolute atomic E-state index is 11.6. The second kappa shape index (κ2) is 6.06. The quantitative estimate of drug-likeness (QED) is 0.834. The Hall–Kier alpha value is -1.86. The standard InChI is InChI=1S/C16H20N2O2/c1-3-20-15(19)12(2)18-14-9-16(10-14,11-17)13-7-5-4-6-8-13/h4-8,12,14,18H,3,9-10H2,1-2H3. The number of hydrogen-bond donors (Lipinski definition) is 1. The molecule has 20 heavy (non-hydrogen) atoms. The molecule has 1 N–H and O–H groups in total. The molecule has 2 rings (SSSR count). The fourth-order valence-corrected chi connectivity index (χ4v) is 2.74. The van der Waals surface area contributed by atoms with Crippen molar-refractivity contribution in [3.8, 4) is 6.07 Å². The molecule has 1 fully saturated rings. The van der Waals surface area contributed by atoms with E-state index in [9.17, 15) is 10.1 Å². The molecular formula is C16H20N2O2. The smallest absolute Gasteiger partial charge is 0.322 e. The van der Waals surface area contributed by atoms with Crippen molar-refractivity contribution in [2.75, 3.05) is 6.61 Å². The Labute approximate surface area is 119 Å². The zero-order valence-corrected chi connectivity index (χ0v) is 11.9. The van der Waals surface area contributed by atoms with Crippen LogP contribution in [0.5, 0.6) is 0 Å². The summed E-state index contributed by atoms with van der Waals surface area (Å²) in [4.78, 5) is 11.6. The molecule has 4 nitrogen and oxygen atoms in total. The number of nitrogens with one attached hydrogen (secondary N) is 1. The number of benzene rings is 1. The van der Waals surface area contributed by atoms with Gasteiger partial charge in [0.25, 0.3) is 0 Å². The van der Waals surface area contributed by atoms with Crippen molar-refractivity contribution in [3.63, 3.8) is 0 Å². The minimum absolute atomic E-state index is 0.189. The Bertz CT molecular complexity index is 501. The lowest BCUT2D eigenvalue weighted by Crippen LogP contribution is -2.54. The van der Waals surface area contributed by atoms with Gasteiger partial charge in [0.2, 0.25) is 0 Å². The molecule has 1 aromatic carbocycles. The highest BCUT2D eigenvalue weighted by Gasteiger charge is 2.46. The van der Waals surface area contributed by atoms with Gasteiger partial charge in [-0.25, -0.2) is 0 Å². The summed E-state index contributed by atoms with van der Waals surface area (Å²) in [6.45, 7) is 3.98. The molecule has 0 amide bonds. The van der Waals surface area contributed by atoms with E-state index in [0.29, 0.717) is 6.61 Å². The minimum atomic E-state index is -0.409. The largest absolute Gasteiger partial charge is 0.465 e. The molecule has 106 valence electrons. The van der Waals surface area contributed by atoms with Crippen molar-refractivity contribution < 1.29 is 9.53 Å². The van der Waals surface area contributed by atoms with Gasteiger partial charge in [0.1, 0.15) is 6.04 Å². The molecule has 0 heterocycles. The van der Waals surface area contributed by atoms with Crippen LogP contribution >= 0.6 is 0 Å². The molecule has 0 radical (unpaired) electrons. The lowest BCUT2D eigenvalue weighted by molar-refractivity contribution is -0.145. The Balaban J connectivity index is 1.93. The van der Waals surface area contributed by atoms with Gasteiger partial charge in [-0.05, 0) is 32.3 Å². The first-order valence-electron chi connectivity index (χ1n) is 7.01. The highest BCUT2D eigenvalue weighted by molar-refractivity contribution is 5.75. The minimum Gasteiger partial charge on any atom is -0.465 e. The number of ether oxygens (including phenoxy) is 1. The fraction of sp³-hybridized carbons (Fsp3) is 0.500. The third kappa shape index (κ3) is 2.83. The summed E-state index contributed by atoms with van der Waals surface area (Å²) in [6, 6.07) is 12.1. The molecule has 1 aliphatic carbocycles. The summed E-state index contributed by atoms with van der Waals surface area (Å²) in [5.74, 6) is -0.235. The summed E-state index contributed by atoms with van der Waals surface area (Å²) in [7, 11) is 0. The number of rotatable bonds is 5. The van der Waals surface area contributed by atoms with E-state index < -0.39 is 5.41 Å².